The van der Waals surface area contributed by atoms with Gasteiger partial charge < -0.3 is 4.90 Å². The lowest BCUT2D eigenvalue weighted by molar-refractivity contribution is 0.0712. The van der Waals surface area contributed by atoms with Crippen LogP contribution in [0.25, 0.3) is 4.96 Å². The lowest BCUT2D eigenvalue weighted by atomic mass is 10.2. The minimum Gasteiger partial charge on any atom is -0.324 e. The van der Waals surface area contributed by atoms with E-state index in [0.29, 0.717) is 12.1 Å². The number of carbonyl (C=O) groups is 1. The van der Waals surface area contributed by atoms with Crippen molar-refractivity contribution in [2.45, 2.75) is 19.5 Å². The van der Waals surface area contributed by atoms with Gasteiger partial charge in [0.1, 0.15) is 0 Å². The molecule has 0 bridgehead atoms. The van der Waals surface area contributed by atoms with E-state index in [1.54, 1.807) is 23.6 Å². The summed E-state index contributed by atoms with van der Waals surface area (Å²) in [6.45, 7) is 2.57. The molecule has 4 rings (SSSR count). The zero-order chi connectivity index (χ0) is 13.7. The summed E-state index contributed by atoms with van der Waals surface area (Å²) in [7, 11) is 0. The minimum atomic E-state index is -0.0520. The smallest absolute Gasteiger partial charge is 0.256 e. The molecule has 0 saturated carbocycles. The first kappa shape index (κ1) is 11.6. The molecule has 20 heavy (non-hydrogen) atoms. The van der Waals surface area contributed by atoms with E-state index in [9.17, 15) is 4.79 Å². The molecule has 5 nitrogen and oxygen atoms in total. The molecule has 1 atom stereocenters. The van der Waals surface area contributed by atoms with Crippen molar-refractivity contribution in [2.75, 3.05) is 0 Å². The van der Waals surface area contributed by atoms with E-state index in [1.807, 2.05) is 40.1 Å². The second-order valence-electron chi connectivity index (χ2n) is 4.87. The van der Waals surface area contributed by atoms with E-state index in [-0.39, 0.29) is 11.9 Å². The summed E-state index contributed by atoms with van der Waals surface area (Å²) in [6.07, 6.45) is 5.69. The van der Waals surface area contributed by atoms with Crippen LogP contribution in [0.1, 0.15) is 34.7 Å². The molecule has 0 aromatic carbocycles. The van der Waals surface area contributed by atoms with Crippen LogP contribution in [0, 0.1) is 0 Å². The summed E-state index contributed by atoms with van der Waals surface area (Å²) in [4.78, 5) is 24.1. The summed E-state index contributed by atoms with van der Waals surface area (Å²) < 4.78 is 1.99. The van der Waals surface area contributed by atoms with Crippen LogP contribution in [0.15, 0.2) is 36.1 Å². The highest BCUT2D eigenvalue weighted by atomic mass is 32.1. The van der Waals surface area contributed by atoms with Crippen LogP contribution in [0.4, 0.5) is 0 Å². The van der Waals surface area contributed by atoms with Crippen LogP contribution in [-0.4, -0.2) is 25.2 Å². The molecular weight excluding hydrogens is 272 g/mol. The molecule has 0 N–H and O–H groups in total. The number of hydrogen-bond acceptors (Lipinski definition) is 4. The third-order valence-corrected chi connectivity index (χ3v) is 4.48. The maximum Gasteiger partial charge on any atom is 0.256 e. The third-order valence-electron chi connectivity index (χ3n) is 3.71. The van der Waals surface area contributed by atoms with Gasteiger partial charge in [-0.25, -0.2) is 4.98 Å². The Morgan fingerprint density at radius 1 is 1.45 bits per heavy atom. The second kappa shape index (κ2) is 4.14. The van der Waals surface area contributed by atoms with Crippen molar-refractivity contribution in [3.05, 3.63) is 53.1 Å². The fraction of sp³-hybridized carbons (Fsp3) is 0.214. The van der Waals surface area contributed by atoms with Gasteiger partial charge >= 0.3 is 0 Å². The van der Waals surface area contributed by atoms with Gasteiger partial charge in [0.2, 0.25) is 0 Å². The highest BCUT2D eigenvalue weighted by molar-refractivity contribution is 7.15. The van der Waals surface area contributed by atoms with E-state index in [2.05, 4.69) is 9.97 Å². The molecule has 0 spiro atoms. The lowest BCUT2D eigenvalue weighted by Gasteiger charge is -2.22. The number of fused-ring (bicyclic) bond motifs is 2. The van der Waals surface area contributed by atoms with Crippen LogP contribution >= 0.6 is 11.3 Å². The standard InChI is InChI=1S/C14H12N4OS/c1-9(11-7-17-5-6-20-14(17)16-11)18-8-12-10(13(18)19)3-2-4-15-12/h2-7,9H,8H2,1H3. The van der Waals surface area contributed by atoms with Crippen molar-refractivity contribution in [2.24, 2.45) is 0 Å². The SMILES string of the molecule is CC(c1cn2ccsc2n1)N1Cc2ncccc2C1=O. The van der Waals surface area contributed by atoms with E-state index in [0.717, 1.165) is 16.3 Å². The Labute approximate surface area is 119 Å². The van der Waals surface area contributed by atoms with Crippen molar-refractivity contribution in [3.63, 3.8) is 0 Å². The summed E-state index contributed by atoms with van der Waals surface area (Å²) >= 11 is 1.59. The van der Waals surface area contributed by atoms with Gasteiger partial charge in [-0.05, 0) is 19.1 Å². The number of amides is 1. The lowest BCUT2D eigenvalue weighted by Crippen LogP contribution is -2.27. The van der Waals surface area contributed by atoms with Gasteiger partial charge in [-0.3, -0.25) is 14.2 Å². The Kier molecular flexibility index (Phi) is 2.40. The third kappa shape index (κ3) is 1.58. The molecule has 1 aliphatic rings. The molecule has 3 aromatic heterocycles. The average molecular weight is 284 g/mol. The molecule has 4 heterocycles. The first-order valence-corrected chi connectivity index (χ1v) is 7.29. The predicted molar refractivity (Wildman–Crippen MR) is 75.6 cm³/mol. The van der Waals surface area contributed by atoms with E-state index in [1.165, 1.54) is 0 Å². The molecule has 3 aromatic rings. The first-order valence-electron chi connectivity index (χ1n) is 6.41. The van der Waals surface area contributed by atoms with E-state index in [4.69, 9.17) is 0 Å². The van der Waals surface area contributed by atoms with Gasteiger partial charge in [0.25, 0.3) is 5.91 Å². The summed E-state index contributed by atoms with van der Waals surface area (Å²) in [5.41, 5.74) is 2.48. The number of imidazole rings is 1. The highest BCUT2D eigenvalue weighted by Gasteiger charge is 2.33. The highest BCUT2D eigenvalue weighted by Crippen LogP contribution is 2.30. The van der Waals surface area contributed by atoms with Crippen molar-refractivity contribution in [1.82, 2.24) is 19.3 Å². The van der Waals surface area contributed by atoms with Crippen LogP contribution in [0.3, 0.4) is 0 Å². The van der Waals surface area contributed by atoms with Gasteiger partial charge in [-0.15, -0.1) is 11.3 Å². The minimum absolute atomic E-state index is 0.0388. The van der Waals surface area contributed by atoms with Crippen LogP contribution in [0.5, 0.6) is 0 Å². The average Bonchev–Trinajstić information content (AvgIpc) is 3.11. The molecule has 0 saturated heterocycles. The molecule has 100 valence electrons. The van der Waals surface area contributed by atoms with Crippen LogP contribution in [0.2, 0.25) is 0 Å². The number of aromatic nitrogens is 3. The van der Waals surface area contributed by atoms with Gasteiger partial charge in [-0.2, -0.15) is 0 Å². The number of pyridine rings is 1. The predicted octanol–water partition coefficient (Wildman–Crippen LogP) is 2.51. The molecular formula is C14H12N4OS. The molecule has 0 radical (unpaired) electrons. The van der Waals surface area contributed by atoms with Crippen molar-refractivity contribution < 1.29 is 4.79 Å². The number of rotatable bonds is 2. The Morgan fingerprint density at radius 3 is 3.15 bits per heavy atom. The topological polar surface area (TPSA) is 50.5 Å². The van der Waals surface area contributed by atoms with Crippen molar-refractivity contribution in [3.8, 4) is 0 Å². The first-order chi connectivity index (χ1) is 9.74. The normalized spacial score (nSPS) is 15.8. The number of thiazole rings is 1. The second-order valence-corrected chi connectivity index (χ2v) is 5.74. The Hall–Kier alpha value is -2.21. The van der Waals surface area contributed by atoms with Gasteiger partial charge in [0, 0.05) is 24.0 Å². The van der Waals surface area contributed by atoms with Crippen LogP contribution < -0.4 is 0 Å². The molecule has 0 aliphatic carbocycles. The largest absolute Gasteiger partial charge is 0.324 e. The van der Waals surface area contributed by atoms with Crippen molar-refractivity contribution >= 4 is 22.2 Å². The monoisotopic (exact) mass is 284 g/mol. The molecule has 1 amide bonds. The zero-order valence-corrected chi connectivity index (χ0v) is 11.7. The van der Waals surface area contributed by atoms with E-state index < -0.39 is 0 Å². The molecule has 1 aliphatic heterocycles. The zero-order valence-electron chi connectivity index (χ0n) is 10.9. The maximum atomic E-state index is 12.4. The van der Waals surface area contributed by atoms with E-state index >= 15 is 0 Å². The Morgan fingerprint density at radius 2 is 2.35 bits per heavy atom. The maximum absolute atomic E-state index is 12.4. The van der Waals surface area contributed by atoms with Gasteiger partial charge in [0.05, 0.1) is 29.5 Å². The molecule has 1 unspecified atom stereocenters. The van der Waals surface area contributed by atoms with Gasteiger partial charge in [0.15, 0.2) is 4.96 Å². The molecule has 6 heteroatoms. The number of nitrogens with zero attached hydrogens (tertiary/aromatic N) is 4. The van der Waals surface area contributed by atoms with Gasteiger partial charge in [-0.1, -0.05) is 0 Å². The quantitative estimate of drug-likeness (QED) is 0.726. The Bertz CT molecular complexity index is 778. The summed E-state index contributed by atoms with van der Waals surface area (Å²) in [5, 5.41) is 2.00. The summed E-state index contributed by atoms with van der Waals surface area (Å²) in [6, 6.07) is 3.59. The summed E-state index contributed by atoms with van der Waals surface area (Å²) in [5.74, 6) is 0.0388. The van der Waals surface area contributed by atoms with Crippen molar-refractivity contribution in [1.29, 1.82) is 0 Å². The fourth-order valence-corrected chi connectivity index (χ4v) is 3.27. The van der Waals surface area contributed by atoms with Crippen LogP contribution in [-0.2, 0) is 6.54 Å². The fourth-order valence-electron chi connectivity index (χ4n) is 2.57. The number of hydrogen-bond donors (Lipinski definition) is 0. The number of carbonyl (C=O) groups excluding carboxylic acids is 1. The molecule has 0 fully saturated rings. The Balaban J connectivity index is 1.69.